The molecule has 1 aliphatic rings. The molecule has 1 N–H and O–H groups in total. The van der Waals surface area contributed by atoms with Gasteiger partial charge in [0.25, 0.3) is 0 Å². The Morgan fingerprint density at radius 3 is 2.18 bits per heavy atom. The van der Waals surface area contributed by atoms with Crippen molar-refractivity contribution in [1.82, 2.24) is 4.90 Å². The number of benzene rings is 2. The fourth-order valence-corrected chi connectivity index (χ4v) is 3.55. The second kappa shape index (κ2) is 11.2. The zero-order chi connectivity index (χ0) is 24.8. The Bertz CT molecular complexity index is 1090. The molecule has 1 heterocycles. The molecule has 0 saturated heterocycles. The molecule has 0 radical (unpaired) electrons. The van der Waals surface area contributed by atoms with Gasteiger partial charge in [-0.15, -0.1) is 0 Å². The number of esters is 1. The predicted octanol–water partition coefficient (Wildman–Crippen LogP) is 5.22. The molecule has 0 amide bonds. The van der Waals surface area contributed by atoms with Crippen LogP contribution in [0, 0.1) is 17.6 Å². The van der Waals surface area contributed by atoms with E-state index in [1.54, 1.807) is 35.2 Å². The highest BCUT2D eigenvalue weighted by atomic mass is 19.1. The lowest BCUT2D eigenvalue weighted by Crippen LogP contribution is -2.37. The van der Waals surface area contributed by atoms with Gasteiger partial charge in [-0.05, 0) is 72.5 Å². The lowest BCUT2D eigenvalue weighted by atomic mass is 9.99. The van der Waals surface area contributed by atoms with Crippen molar-refractivity contribution in [3.05, 3.63) is 89.4 Å². The van der Waals surface area contributed by atoms with Gasteiger partial charge in [0.05, 0.1) is 18.5 Å². The molecule has 180 valence electrons. The number of aliphatic hydroxyl groups excluding tert-OH is 1. The number of carbonyl (C=O) groups excluding carboxylic acids is 1. The van der Waals surface area contributed by atoms with Crippen LogP contribution in [0.15, 0.2) is 71.6 Å². The summed E-state index contributed by atoms with van der Waals surface area (Å²) in [5, 5.41) is 10.2. The van der Waals surface area contributed by atoms with Gasteiger partial charge in [0.2, 0.25) is 0 Å². The molecule has 0 aromatic heterocycles. The topological polar surface area (TPSA) is 62.1 Å². The molecule has 0 saturated carbocycles. The fraction of sp³-hybridized carbons (Fsp3) is 0.308. The van der Waals surface area contributed by atoms with Crippen LogP contribution in [0.5, 0.6) is 0 Å². The van der Waals surface area contributed by atoms with Crippen LogP contribution >= 0.6 is 0 Å². The van der Waals surface area contributed by atoms with Crippen molar-refractivity contribution >= 4 is 17.4 Å². The monoisotopic (exact) mass is 472 g/mol. The Kier molecular flexibility index (Phi) is 8.28. The first-order valence-electron chi connectivity index (χ1n) is 10.9. The Hall–Kier alpha value is -3.39. The highest BCUT2D eigenvalue weighted by Gasteiger charge is 2.29. The molecule has 34 heavy (non-hydrogen) atoms. The van der Waals surface area contributed by atoms with E-state index < -0.39 is 29.9 Å². The molecule has 2 aromatic rings. The quantitative estimate of drug-likeness (QED) is 0.536. The van der Waals surface area contributed by atoms with E-state index in [9.17, 15) is 18.7 Å². The molecule has 0 aliphatic carbocycles. The van der Waals surface area contributed by atoms with Crippen LogP contribution in [0.25, 0.3) is 5.70 Å². The minimum atomic E-state index is -1.51. The number of aliphatic imine (C=N–C) groups is 1. The molecular formula is C26H27F3N2O3. The number of methoxy groups -OCH3 is 1. The van der Waals surface area contributed by atoms with Gasteiger partial charge < -0.3 is 14.7 Å². The van der Waals surface area contributed by atoms with E-state index in [0.29, 0.717) is 22.5 Å². The first-order valence-corrected chi connectivity index (χ1v) is 10.9. The van der Waals surface area contributed by atoms with Crippen molar-refractivity contribution < 1.29 is 27.8 Å². The van der Waals surface area contributed by atoms with Crippen molar-refractivity contribution in [2.75, 3.05) is 7.11 Å². The SMILES string of the molecule is COC(=O)CC[C@H](O)C(F)=CN1C(c2ccc(F)cc2)=CC(c2ccc(F)cc2)=NC1C(C)C. The van der Waals surface area contributed by atoms with Gasteiger partial charge >= 0.3 is 5.97 Å². The van der Waals surface area contributed by atoms with Crippen molar-refractivity contribution in [2.45, 2.75) is 39.0 Å². The first-order chi connectivity index (χ1) is 16.2. The van der Waals surface area contributed by atoms with Crippen LogP contribution in [0.4, 0.5) is 13.2 Å². The number of hydrogen-bond acceptors (Lipinski definition) is 5. The molecule has 2 atom stereocenters. The maximum Gasteiger partial charge on any atom is 0.305 e. The third kappa shape index (κ3) is 6.14. The van der Waals surface area contributed by atoms with Crippen LogP contribution in [0.1, 0.15) is 37.8 Å². The van der Waals surface area contributed by atoms with E-state index in [0.717, 1.165) is 6.20 Å². The van der Waals surface area contributed by atoms with Crippen molar-refractivity contribution in [1.29, 1.82) is 0 Å². The number of carbonyl (C=O) groups is 1. The molecule has 0 spiro atoms. The van der Waals surface area contributed by atoms with Crippen molar-refractivity contribution in [2.24, 2.45) is 10.9 Å². The largest absolute Gasteiger partial charge is 0.469 e. The third-order valence-corrected chi connectivity index (χ3v) is 5.41. The predicted molar refractivity (Wildman–Crippen MR) is 124 cm³/mol. The van der Waals surface area contributed by atoms with Gasteiger partial charge in [0.1, 0.15) is 29.7 Å². The highest BCUT2D eigenvalue weighted by molar-refractivity contribution is 6.13. The molecule has 0 fully saturated rings. The zero-order valence-electron chi connectivity index (χ0n) is 19.2. The Balaban J connectivity index is 2.04. The molecule has 0 bridgehead atoms. The van der Waals surface area contributed by atoms with E-state index in [1.165, 1.54) is 31.4 Å². The number of hydrogen-bond donors (Lipinski definition) is 1. The standard InChI is InChI=1S/C26H27F3N2O3/c1-16(2)26-30-22(17-4-8-19(27)9-5-17)14-23(18-6-10-20(28)11-7-18)31(26)15-21(29)24(32)12-13-25(33)34-3/h4-11,14-16,24,26,32H,12-13H2,1-3H3/t24-,26?/m0/s1. The van der Waals surface area contributed by atoms with Crippen LogP contribution in [0.2, 0.25) is 0 Å². The Morgan fingerprint density at radius 1 is 1.09 bits per heavy atom. The van der Waals surface area contributed by atoms with E-state index >= 15 is 4.39 Å². The fourth-order valence-electron chi connectivity index (χ4n) is 3.55. The normalized spacial score (nSPS) is 17.4. The molecule has 1 unspecified atom stereocenters. The van der Waals surface area contributed by atoms with Gasteiger partial charge in [-0.3, -0.25) is 9.79 Å². The summed E-state index contributed by atoms with van der Waals surface area (Å²) in [6.45, 7) is 3.83. The van der Waals surface area contributed by atoms with Gasteiger partial charge in [-0.1, -0.05) is 13.8 Å². The minimum absolute atomic E-state index is 0.0872. The Morgan fingerprint density at radius 2 is 1.65 bits per heavy atom. The molecular weight excluding hydrogens is 445 g/mol. The van der Waals surface area contributed by atoms with Gasteiger partial charge in [-0.2, -0.15) is 0 Å². The second-order valence-corrected chi connectivity index (χ2v) is 8.27. The summed E-state index contributed by atoms with van der Waals surface area (Å²) in [5.74, 6) is -2.28. The van der Waals surface area contributed by atoms with Gasteiger partial charge in [0.15, 0.2) is 0 Å². The van der Waals surface area contributed by atoms with Crippen LogP contribution in [-0.2, 0) is 9.53 Å². The van der Waals surface area contributed by atoms with E-state index in [-0.39, 0.29) is 24.6 Å². The lowest BCUT2D eigenvalue weighted by molar-refractivity contribution is -0.141. The number of aliphatic hydroxyl groups is 1. The Labute approximate surface area is 196 Å². The summed E-state index contributed by atoms with van der Waals surface area (Å²) in [6, 6.07) is 11.6. The average Bonchev–Trinajstić information content (AvgIpc) is 2.83. The van der Waals surface area contributed by atoms with E-state index in [4.69, 9.17) is 4.99 Å². The summed E-state index contributed by atoms with van der Waals surface area (Å²) in [4.78, 5) is 17.7. The smallest absolute Gasteiger partial charge is 0.305 e. The molecule has 2 aromatic carbocycles. The maximum atomic E-state index is 15.0. The average molecular weight is 473 g/mol. The summed E-state index contributed by atoms with van der Waals surface area (Å²) in [7, 11) is 1.22. The summed E-state index contributed by atoms with van der Waals surface area (Å²) in [6.07, 6.45) is 0.513. The second-order valence-electron chi connectivity index (χ2n) is 8.27. The number of nitrogens with zero attached hydrogens (tertiary/aromatic N) is 2. The van der Waals surface area contributed by atoms with Crippen LogP contribution < -0.4 is 0 Å². The van der Waals surface area contributed by atoms with Crippen LogP contribution in [0.3, 0.4) is 0 Å². The summed E-state index contributed by atoms with van der Waals surface area (Å²) < 4.78 is 46.6. The third-order valence-electron chi connectivity index (χ3n) is 5.41. The minimum Gasteiger partial charge on any atom is -0.469 e. The molecule has 5 nitrogen and oxygen atoms in total. The van der Waals surface area contributed by atoms with E-state index in [2.05, 4.69) is 4.74 Å². The van der Waals surface area contributed by atoms with Crippen molar-refractivity contribution in [3.63, 3.8) is 0 Å². The number of allylic oxidation sites excluding steroid dienone is 1. The number of ether oxygens (including phenoxy) is 1. The lowest BCUT2D eigenvalue weighted by Gasteiger charge is -2.36. The summed E-state index contributed by atoms with van der Waals surface area (Å²) >= 11 is 0. The van der Waals surface area contributed by atoms with Crippen molar-refractivity contribution in [3.8, 4) is 0 Å². The first kappa shape index (κ1) is 25.2. The molecule has 3 rings (SSSR count). The molecule has 8 heteroatoms. The molecule has 1 aliphatic heterocycles. The van der Waals surface area contributed by atoms with Gasteiger partial charge in [-0.25, -0.2) is 13.2 Å². The van der Waals surface area contributed by atoms with E-state index in [1.807, 2.05) is 13.8 Å². The number of rotatable bonds is 8. The number of halogens is 3. The van der Waals surface area contributed by atoms with Crippen LogP contribution in [-0.4, -0.2) is 41.1 Å². The zero-order valence-corrected chi connectivity index (χ0v) is 19.2. The van der Waals surface area contributed by atoms with Gasteiger partial charge in [0, 0.05) is 18.2 Å². The highest BCUT2D eigenvalue weighted by Crippen LogP contribution is 2.32. The summed E-state index contributed by atoms with van der Waals surface area (Å²) in [5.41, 5.74) is 2.38. The maximum absolute atomic E-state index is 15.0.